The minimum absolute atomic E-state index is 0.0573. The van der Waals surface area contributed by atoms with Crippen molar-refractivity contribution in [2.75, 3.05) is 6.54 Å². The highest BCUT2D eigenvalue weighted by molar-refractivity contribution is 5.70. The number of hydrogen-bond donors (Lipinski definition) is 1. The van der Waals surface area contributed by atoms with Crippen molar-refractivity contribution in [3.05, 3.63) is 30.8 Å². The molecule has 0 saturated carbocycles. The second kappa shape index (κ2) is 6.52. The van der Waals surface area contributed by atoms with E-state index in [1.165, 1.54) is 23.5 Å². The maximum atomic E-state index is 11.6. The lowest BCUT2D eigenvalue weighted by Crippen LogP contribution is -2.28. The Hall–Kier alpha value is -3.17. The molecule has 0 aliphatic rings. The lowest BCUT2D eigenvalue weighted by molar-refractivity contribution is 0.195. The van der Waals surface area contributed by atoms with Crippen LogP contribution < -0.4 is 10.1 Å². The molecule has 0 atom stereocenters. The van der Waals surface area contributed by atoms with Crippen molar-refractivity contribution in [1.29, 1.82) is 0 Å². The Bertz CT molecular complexity index is 706. The van der Waals surface area contributed by atoms with Crippen LogP contribution in [0, 0.1) is 0 Å². The predicted octanol–water partition coefficient (Wildman–Crippen LogP) is 1.10. The number of amides is 1. The molecule has 3 aromatic heterocycles. The number of carbonyl (C=O) groups is 1. The van der Waals surface area contributed by atoms with Crippen molar-refractivity contribution in [1.82, 2.24) is 30.7 Å². The normalized spacial score (nSPS) is 10.5. The van der Waals surface area contributed by atoms with E-state index in [2.05, 4.69) is 25.9 Å². The molecule has 10 heteroatoms. The third-order valence-corrected chi connectivity index (χ3v) is 2.65. The smallest absolute Gasteiger partial charge is 0.414 e. The van der Waals surface area contributed by atoms with Gasteiger partial charge in [0.1, 0.15) is 0 Å². The van der Waals surface area contributed by atoms with Gasteiger partial charge in [0.2, 0.25) is 5.76 Å². The van der Waals surface area contributed by atoms with Gasteiger partial charge in [-0.25, -0.2) is 4.79 Å². The summed E-state index contributed by atoms with van der Waals surface area (Å²) in [6.45, 7) is 0.955. The van der Waals surface area contributed by atoms with E-state index < -0.39 is 6.09 Å². The molecule has 0 aliphatic heterocycles. The molecule has 0 aliphatic carbocycles. The van der Waals surface area contributed by atoms with Gasteiger partial charge in [0.05, 0.1) is 18.9 Å². The summed E-state index contributed by atoms with van der Waals surface area (Å²) in [5, 5.41) is 17.3. The molecule has 22 heavy (non-hydrogen) atoms. The third-order valence-electron chi connectivity index (χ3n) is 2.65. The molecule has 1 N–H and O–H groups in total. The van der Waals surface area contributed by atoms with Gasteiger partial charge in [0, 0.05) is 6.54 Å². The second-order valence-corrected chi connectivity index (χ2v) is 4.21. The van der Waals surface area contributed by atoms with Gasteiger partial charge in [-0.15, -0.1) is 10.2 Å². The minimum Gasteiger partial charge on any atom is -0.461 e. The van der Waals surface area contributed by atoms with Gasteiger partial charge in [-0.1, -0.05) is 0 Å². The van der Waals surface area contributed by atoms with E-state index in [1.54, 1.807) is 12.1 Å². The molecule has 0 unspecified atom stereocenters. The van der Waals surface area contributed by atoms with Crippen molar-refractivity contribution in [3.8, 4) is 17.4 Å². The maximum Gasteiger partial charge on any atom is 0.414 e. The summed E-state index contributed by atoms with van der Waals surface area (Å²) in [6.07, 6.45) is 2.88. The minimum atomic E-state index is -0.620. The quantitative estimate of drug-likeness (QED) is 0.672. The number of carbonyl (C=O) groups excluding carboxylic acids is 1. The molecule has 3 rings (SSSR count). The molecule has 1 amide bonds. The summed E-state index contributed by atoms with van der Waals surface area (Å²) < 4.78 is 15.1. The van der Waals surface area contributed by atoms with Crippen molar-refractivity contribution in [3.63, 3.8) is 0 Å². The first-order valence-electron chi connectivity index (χ1n) is 6.48. The standard InChI is InChI=1S/C12H12N6O4/c19-12(13-4-2-5-18-15-8-14-17-18)21-11-7-10(22-16-11)9-3-1-6-20-9/h1,3,6-8H,2,4-5H2,(H,13,19). The summed E-state index contributed by atoms with van der Waals surface area (Å²) in [5.74, 6) is 0.940. The Morgan fingerprint density at radius 3 is 3.14 bits per heavy atom. The van der Waals surface area contributed by atoms with Gasteiger partial charge in [-0.2, -0.15) is 4.80 Å². The molecule has 114 valence electrons. The van der Waals surface area contributed by atoms with E-state index in [9.17, 15) is 4.79 Å². The highest BCUT2D eigenvalue weighted by atomic mass is 16.6. The third kappa shape index (κ3) is 3.48. The Kier molecular flexibility index (Phi) is 4.09. The van der Waals surface area contributed by atoms with Crippen LogP contribution in [0.25, 0.3) is 11.5 Å². The predicted molar refractivity (Wildman–Crippen MR) is 70.7 cm³/mol. The van der Waals surface area contributed by atoms with Crippen molar-refractivity contribution < 1.29 is 18.5 Å². The van der Waals surface area contributed by atoms with E-state index in [-0.39, 0.29) is 5.88 Å². The highest BCUT2D eigenvalue weighted by Gasteiger charge is 2.12. The zero-order chi connectivity index (χ0) is 15.2. The SMILES string of the molecule is O=C(NCCCn1ncnn1)Oc1cc(-c2ccco2)on1. The Labute approximate surface area is 124 Å². The molecule has 0 saturated heterocycles. The number of aryl methyl sites for hydroxylation is 1. The fraction of sp³-hybridized carbons (Fsp3) is 0.250. The number of nitrogens with zero attached hydrogens (tertiary/aromatic N) is 5. The van der Waals surface area contributed by atoms with Crippen LogP contribution in [0.15, 0.2) is 39.7 Å². The van der Waals surface area contributed by atoms with Crippen LogP contribution >= 0.6 is 0 Å². The summed E-state index contributed by atoms with van der Waals surface area (Å²) in [6, 6.07) is 4.90. The Morgan fingerprint density at radius 1 is 1.41 bits per heavy atom. The Morgan fingerprint density at radius 2 is 2.36 bits per heavy atom. The van der Waals surface area contributed by atoms with Crippen LogP contribution in [0.3, 0.4) is 0 Å². The summed E-state index contributed by atoms with van der Waals surface area (Å²) in [7, 11) is 0. The van der Waals surface area contributed by atoms with Crippen molar-refractivity contribution >= 4 is 6.09 Å². The van der Waals surface area contributed by atoms with Crippen LogP contribution in [0.1, 0.15) is 6.42 Å². The average molecular weight is 304 g/mol. The lowest BCUT2D eigenvalue weighted by Gasteiger charge is -2.03. The van der Waals surface area contributed by atoms with E-state index in [4.69, 9.17) is 13.7 Å². The number of furan rings is 1. The van der Waals surface area contributed by atoms with Crippen LogP contribution in [0.4, 0.5) is 4.79 Å². The molecule has 3 aromatic rings. The van der Waals surface area contributed by atoms with Crippen LogP contribution in [-0.2, 0) is 6.54 Å². The highest BCUT2D eigenvalue weighted by Crippen LogP contribution is 2.23. The van der Waals surface area contributed by atoms with E-state index in [0.29, 0.717) is 31.0 Å². The number of ether oxygens (including phenoxy) is 1. The molecule has 10 nitrogen and oxygen atoms in total. The van der Waals surface area contributed by atoms with Gasteiger partial charge >= 0.3 is 6.09 Å². The molecule has 0 spiro atoms. The van der Waals surface area contributed by atoms with Gasteiger partial charge in [-0.3, -0.25) is 0 Å². The van der Waals surface area contributed by atoms with E-state index in [1.807, 2.05) is 0 Å². The van der Waals surface area contributed by atoms with E-state index in [0.717, 1.165) is 0 Å². The first-order chi connectivity index (χ1) is 10.8. The fourth-order valence-corrected chi connectivity index (χ4v) is 1.67. The molecule has 0 radical (unpaired) electrons. The molecule has 0 aromatic carbocycles. The molecule has 0 fully saturated rings. The summed E-state index contributed by atoms with van der Waals surface area (Å²) in [4.78, 5) is 13.0. The zero-order valence-corrected chi connectivity index (χ0v) is 11.4. The summed E-state index contributed by atoms with van der Waals surface area (Å²) >= 11 is 0. The second-order valence-electron chi connectivity index (χ2n) is 4.21. The molecule has 0 bridgehead atoms. The van der Waals surface area contributed by atoms with Crippen LogP contribution in [0.2, 0.25) is 0 Å². The molecule has 3 heterocycles. The van der Waals surface area contributed by atoms with Crippen LogP contribution in [0.5, 0.6) is 5.88 Å². The monoisotopic (exact) mass is 304 g/mol. The number of hydrogen-bond acceptors (Lipinski definition) is 8. The van der Waals surface area contributed by atoms with E-state index >= 15 is 0 Å². The number of nitrogens with one attached hydrogen (secondary N) is 1. The van der Waals surface area contributed by atoms with Gasteiger partial charge in [-0.05, 0) is 28.9 Å². The van der Waals surface area contributed by atoms with Crippen LogP contribution in [-0.4, -0.2) is 38.0 Å². The topological polar surface area (TPSA) is 121 Å². The number of tetrazole rings is 1. The zero-order valence-electron chi connectivity index (χ0n) is 11.4. The Balaban J connectivity index is 1.42. The maximum absolute atomic E-state index is 11.6. The van der Waals surface area contributed by atoms with Gasteiger partial charge in [0.25, 0.3) is 5.88 Å². The summed E-state index contributed by atoms with van der Waals surface area (Å²) in [5.41, 5.74) is 0. The average Bonchev–Trinajstić information content (AvgIpc) is 3.24. The number of rotatable bonds is 6. The first kappa shape index (κ1) is 13.8. The van der Waals surface area contributed by atoms with Crippen molar-refractivity contribution in [2.24, 2.45) is 0 Å². The first-order valence-corrected chi connectivity index (χ1v) is 6.48. The molecular weight excluding hydrogens is 292 g/mol. The fourth-order valence-electron chi connectivity index (χ4n) is 1.67. The van der Waals surface area contributed by atoms with Gasteiger partial charge in [0.15, 0.2) is 12.1 Å². The molecular formula is C12H12N6O4. The van der Waals surface area contributed by atoms with Gasteiger partial charge < -0.3 is 19.0 Å². The number of aromatic nitrogens is 5. The lowest BCUT2D eigenvalue weighted by atomic mass is 10.3. The van der Waals surface area contributed by atoms with Crippen molar-refractivity contribution in [2.45, 2.75) is 13.0 Å². The largest absolute Gasteiger partial charge is 0.461 e.